The van der Waals surface area contributed by atoms with Crippen LogP contribution in [0.5, 0.6) is 5.75 Å². The fourth-order valence-electron chi connectivity index (χ4n) is 1.52. The van der Waals surface area contributed by atoms with Crippen molar-refractivity contribution in [1.82, 2.24) is 0 Å². The monoisotopic (exact) mass is 312 g/mol. The highest BCUT2D eigenvalue weighted by atomic mass is 79.9. The maximum Gasteiger partial charge on any atom is 0.166 e. The highest BCUT2D eigenvalue weighted by Crippen LogP contribution is 2.21. The van der Waals surface area contributed by atoms with Gasteiger partial charge in [-0.05, 0) is 35.9 Å². The number of ether oxygens (including phenoxy) is 1. The van der Waals surface area contributed by atoms with Crippen molar-refractivity contribution in [3.63, 3.8) is 0 Å². The number of halogens is 3. The molecule has 94 valence electrons. The second kappa shape index (κ2) is 5.96. The molecule has 0 aliphatic rings. The lowest BCUT2D eigenvalue weighted by Crippen LogP contribution is -2.02. The topological polar surface area (TPSA) is 9.23 Å². The highest BCUT2D eigenvalue weighted by Gasteiger charge is 2.03. The van der Waals surface area contributed by atoms with Gasteiger partial charge in [0.05, 0.1) is 6.61 Å². The van der Waals surface area contributed by atoms with E-state index < -0.39 is 5.82 Å². The molecule has 2 rings (SSSR count). The molecule has 0 aromatic heterocycles. The van der Waals surface area contributed by atoms with Gasteiger partial charge in [0.2, 0.25) is 0 Å². The van der Waals surface area contributed by atoms with Crippen molar-refractivity contribution in [2.75, 3.05) is 6.61 Å². The van der Waals surface area contributed by atoms with E-state index in [1.54, 1.807) is 24.3 Å². The molecule has 0 saturated heterocycles. The molecule has 1 nitrogen and oxygen atoms in total. The molecular weight excluding hydrogens is 302 g/mol. The van der Waals surface area contributed by atoms with Gasteiger partial charge in [0.15, 0.2) is 11.6 Å². The van der Waals surface area contributed by atoms with Crippen LogP contribution < -0.4 is 4.74 Å². The van der Waals surface area contributed by atoms with Crippen molar-refractivity contribution in [2.24, 2.45) is 0 Å². The van der Waals surface area contributed by atoms with Gasteiger partial charge in [0.25, 0.3) is 0 Å². The molecule has 4 heteroatoms. The van der Waals surface area contributed by atoms with Crippen LogP contribution in [0.25, 0.3) is 0 Å². The molecule has 18 heavy (non-hydrogen) atoms. The normalized spacial score (nSPS) is 10.4. The molecule has 0 radical (unpaired) electrons. The van der Waals surface area contributed by atoms with Gasteiger partial charge in [-0.3, -0.25) is 0 Å². The summed E-state index contributed by atoms with van der Waals surface area (Å²) in [5, 5.41) is 0. The van der Waals surface area contributed by atoms with Crippen LogP contribution in [0.1, 0.15) is 5.56 Å². The van der Waals surface area contributed by atoms with Crippen LogP contribution in [-0.4, -0.2) is 6.61 Å². The van der Waals surface area contributed by atoms with E-state index in [2.05, 4.69) is 15.9 Å². The zero-order chi connectivity index (χ0) is 13.0. The summed E-state index contributed by atoms with van der Waals surface area (Å²) in [5.41, 5.74) is 0.953. The van der Waals surface area contributed by atoms with E-state index in [1.807, 2.05) is 0 Å². The van der Waals surface area contributed by atoms with Gasteiger partial charge in [-0.1, -0.05) is 28.1 Å². The van der Waals surface area contributed by atoms with E-state index in [1.165, 1.54) is 18.2 Å². The minimum atomic E-state index is -0.400. The number of benzene rings is 2. The molecule has 0 bridgehead atoms. The average Bonchev–Trinajstić information content (AvgIpc) is 2.34. The summed E-state index contributed by atoms with van der Waals surface area (Å²) < 4.78 is 32.1. The molecule has 0 unspecified atom stereocenters. The van der Waals surface area contributed by atoms with Crippen LogP contribution >= 0.6 is 15.9 Å². The fraction of sp³-hybridized carbons (Fsp3) is 0.143. The Balaban J connectivity index is 1.90. The quantitative estimate of drug-likeness (QED) is 0.815. The Bertz CT molecular complexity index is 526. The summed E-state index contributed by atoms with van der Waals surface area (Å²) in [6.07, 6.45) is 0.607. The Morgan fingerprint density at radius 1 is 1.00 bits per heavy atom. The first kappa shape index (κ1) is 13.0. The third kappa shape index (κ3) is 3.53. The van der Waals surface area contributed by atoms with Crippen LogP contribution in [0.3, 0.4) is 0 Å². The molecule has 0 atom stereocenters. The maximum absolute atomic E-state index is 13.4. The van der Waals surface area contributed by atoms with Gasteiger partial charge < -0.3 is 4.74 Å². The zero-order valence-electron chi connectivity index (χ0n) is 9.50. The Morgan fingerprint density at radius 3 is 2.39 bits per heavy atom. The predicted octanol–water partition coefficient (Wildman–Crippen LogP) is 4.35. The van der Waals surface area contributed by atoms with Crippen molar-refractivity contribution in [1.29, 1.82) is 0 Å². The third-order valence-corrected chi connectivity index (χ3v) is 2.95. The summed E-state index contributed by atoms with van der Waals surface area (Å²) in [4.78, 5) is 0. The summed E-state index contributed by atoms with van der Waals surface area (Å²) in [5.74, 6) is -0.442. The van der Waals surface area contributed by atoms with Crippen molar-refractivity contribution < 1.29 is 13.5 Å². The van der Waals surface area contributed by atoms with E-state index in [-0.39, 0.29) is 11.6 Å². The summed E-state index contributed by atoms with van der Waals surface area (Å²) >= 11 is 3.18. The van der Waals surface area contributed by atoms with Crippen LogP contribution in [0.15, 0.2) is 46.9 Å². The van der Waals surface area contributed by atoms with Crippen LogP contribution in [0, 0.1) is 11.6 Å². The molecular formula is C14H11BrF2O. The smallest absolute Gasteiger partial charge is 0.166 e. The summed E-state index contributed by atoms with van der Waals surface area (Å²) in [6.45, 7) is 0.351. The Morgan fingerprint density at radius 2 is 1.72 bits per heavy atom. The van der Waals surface area contributed by atoms with Gasteiger partial charge >= 0.3 is 0 Å². The van der Waals surface area contributed by atoms with Crippen molar-refractivity contribution in [3.05, 3.63) is 64.1 Å². The fourth-order valence-corrected chi connectivity index (χ4v) is 1.86. The number of hydrogen-bond donors (Lipinski definition) is 0. The lowest BCUT2D eigenvalue weighted by Gasteiger charge is -2.07. The molecule has 0 aliphatic heterocycles. The van der Waals surface area contributed by atoms with Gasteiger partial charge in [-0.2, -0.15) is 0 Å². The number of rotatable bonds is 4. The molecule has 0 N–H and O–H groups in total. The van der Waals surface area contributed by atoms with Gasteiger partial charge in [-0.15, -0.1) is 0 Å². The first-order chi connectivity index (χ1) is 8.65. The minimum Gasteiger partial charge on any atom is -0.490 e. The SMILES string of the molecule is Fc1ccc(CCOc2ccc(Br)cc2F)cc1. The standard InChI is InChI=1S/C14H11BrF2O/c15-11-3-6-14(13(17)9-11)18-8-7-10-1-4-12(16)5-2-10/h1-6,9H,7-8H2. The van der Waals surface area contributed by atoms with Crippen molar-refractivity contribution in [3.8, 4) is 5.75 Å². The molecule has 0 spiro atoms. The molecule has 2 aromatic rings. The summed E-state index contributed by atoms with van der Waals surface area (Å²) in [7, 11) is 0. The third-order valence-electron chi connectivity index (χ3n) is 2.46. The van der Waals surface area contributed by atoms with Gasteiger partial charge in [0, 0.05) is 10.9 Å². The molecule has 0 saturated carbocycles. The largest absolute Gasteiger partial charge is 0.490 e. The summed E-state index contributed by atoms with van der Waals surface area (Å²) in [6, 6.07) is 10.8. The predicted molar refractivity (Wildman–Crippen MR) is 69.7 cm³/mol. The highest BCUT2D eigenvalue weighted by molar-refractivity contribution is 9.10. The van der Waals surface area contributed by atoms with Gasteiger partial charge in [0.1, 0.15) is 5.82 Å². The molecule has 0 fully saturated rings. The van der Waals surface area contributed by atoms with E-state index in [9.17, 15) is 8.78 Å². The van der Waals surface area contributed by atoms with Crippen LogP contribution in [0.2, 0.25) is 0 Å². The molecule has 0 heterocycles. The lowest BCUT2D eigenvalue weighted by atomic mass is 10.2. The Hall–Kier alpha value is -1.42. The molecule has 2 aromatic carbocycles. The van der Waals surface area contributed by atoms with Crippen LogP contribution in [-0.2, 0) is 6.42 Å². The van der Waals surface area contributed by atoms with E-state index in [0.717, 1.165) is 5.56 Å². The Labute approximate surface area is 113 Å². The second-order valence-corrected chi connectivity index (χ2v) is 4.72. The molecule has 0 aliphatic carbocycles. The maximum atomic E-state index is 13.4. The average molecular weight is 313 g/mol. The minimum absolute atomic E-state index is 0.223. The van der Waals surface area contributed by atoms with Gasteiger partial charge in [-0.25, -0.2) is 8.78 Å². The van der Waals surface area contributed by atoms with E-state index >= 15 is 0 Å². The van der Waals surface area contributed by atoms with Crippen molar-refractivity contribution >= 4 is 15.9 Å². The molecule has 0 amide bonds. The number of hydrogen-bond acceptors (Lipinski definition) is 1. The first-order valence-corrected chi connectivity index (χ1v) is 6.27. The van der Waals surface area contributed by atoms with Crippen LogP contribution in [0.4, 0.5) is 8.78 Å². The lowest BCUT2D eigenvalue weighted by molar-refractivity contribution is 0.305. The second-order valence-electron chi connectivity index (χ2n) is 3.80. The van der Waals surface area contributed by atoms with E-state index in [4.69, 9.17) is 4.74 Å². The Kier molecular flexibility index (Phi) is 4.31. The van der Waals surface area contributed by atoms with Crippen molar-refractivity contribution in [2.45, 2.75) is 6.42 Å². The first-order valence-electron chi connectivity index (χ1n) is 5.47. The zero-order valence-corrected chi connectivity index (χ0v) is 11.1. The van der Waals surface area contributed by atoms with E-state index in [0.29, 0.717) is 17.5 Å².